The van der Waals surface area contributed by atoms with Gasteiger partial charge in [0.15, 0.2) is 11.5 Å². The lowest BCUT2D eigenvalue weighted by Crippen LogP contribution is -2.28. The van der Waals surface area contributed by atoms with Crippen LogP contribution >= 0.6 is 0 Å². The van der Waals surface area contributed by atoms with E-state index in [0.29, 0.717) is 29.9 Å². The molecule has 1 aliphatic heterocycles. The zero-order valence-corrected chi connectivity index (χ0v) is 17.4. The molecule has 0 spiro atoms. The Kier molecular flexibility index (Phi) is 4.59. The second-order valence-corrected chi connectivity index (χ2v) is 8.11. The Morgan fingerprint density at radius 1 is 1.06 bits per heavy atom. The molecule has 2 heterocycles. The van der Waals surface area contributed by atoms with Crippen LogP contribution in [0.1, 0.15) is 37.2 Å². The lowest BCUT2D eigenvalue weighted by molar-refractivity contribution is -0.286. The molecule has 33 heavy (non-hydrogen) atoms. The Bertz CT molecular complexity index is 1310. The molecular weight excluding hydrogens is 434 g/mol. The number of carboxylic acid groups (broad SMARTS) is 1. The Morgan fingerprint density at radius 2 is 1.82 bits per heavy atom. The third-order valence-corrected chi connectivity index (χ3v) is 5.88. The van der Waals surface area contributed by atoms with E-state index >= 15 is 0 Å². The number of hydrogen-bond acceptors (Lipinski definition) is 5. The van der Waals surface area contributed by atoms with E-state index in [1.54, 1.807) is 43.3 Å². The molecule has 9 heteroatoms. The van der Waals surface area contributed by atoms with Gasteiger partial charge in [-0.3, -0.25) is 4.79 Å². The van der Waals surface area contributed by atoms with Crippen LogP contribution in [-0.4, -0.2) is 28.3 Å². The standard InChI is InChI=1S/C24H18F2N2O5.2H2/c1-13-11-14(21(29)30)5-7-16(13)17-3-2-4-20(27-17)28-22(31)23(9-10-23)15-6-8-18-19(12-15)33-24(25,26)32-18;;/h2-8,11-12H,9-10H2,1H3,(H,29,30)(H,27,28,31);2*1H. The number of nitrogens with one attached hydrogen (secondary N) is 1. The molecule has 7 nitrogen and oxygen atoms in total. The summed E-state index contributed by atoms with van der Waals surface area (Å²) >= 11 is 0. The summed E-state index contributed by atoms with van der Waals surface area (Å²) in [6.45, 7) is 1.79. The maximum absolute atomic E-state index is 13.3. The van der Waals surface area contributed by atoms with E-state index in [4.69, 9.17) is 5.11 Å². The number of alkyl halides is 2. The molecule has 1 amide bonds. The average Bonchev–Trinajstić information content (AvgIpc) is 3.51. The number of benzene rings is 2. The van der Waals surface area contributed by atoms with E-state index in [1.165, 1.54) is 18.2 Å². The topological polar surface area (TPSA) is 97.8 Å². The minimum Gasteiger partial charge on any atom is -0.478 e. The van der Waals surface area contributed by atoms with Crippen LogP contribution in [0.3, 0.4) is 0 Å². The van der Waals surface area contributed by atoms with Gasteiger partial charge in [0.25, 0.3) is 0 Å². The zero-order chi connectivity index (χ0) is 23.4. The number of carbonyl (C=O) groups excluding carboxylic acids is 1. The second kappa shape index (κ2) is 7.26. The van der Waals surface area contributed by atoms with Crippen molar-refractivity contribution >= 4 is 17.7 Å². The van der Waals surface area contributed by atoms with E-state index in [-0.39, 0.29) is 25.8 Å². The van der Waals surface area contributed by atoms with Gasteiger partial charge in [0.05, 0.1) is 16.7 Å². The van der Waals surface area contributed by atoms with E-state index in [9.17, 15) is 18.4 Å². The molecule has 172 valence electrons. The van der Waals surface area contributed by atoms with Crippen molar-refractivity contribution in [2.75, 3.05) is 5.32 Å². The molecule has 2 aliphatic rings. The van der Waals surface area contributed by atoms with Crippen LogP contribution in [0.4, 0.5) is 14.6 Å². The molecule has 1 aliphatic carbocycles. The van der Waals surface area contributed by atoms with Crippen LogP contribution < -0.4 is 14.8 Å². The predicted molar refractivity (Wildman–Crippen MR) is 118 cm³/mol. The number of carboxylic acids is 1. The highest BCUT2D eigenvalue weighted by atomic mass is 19.3. The number of hydrogen-bond donors (Lipinski definition) is 2. The number of halogens is 2. The van der Waals surface area contributed by atoms with Crippen LogP contribution in [-0.2, 0) is 10.2 Å². The maximum atomic E-state index is 13.3. The summed E-state index contributed by atoms with van der Waals surface area (Å²) in [5, 5.41) is 12.0. The number of amides is 1. The first-order valence-electron chi connectivity index (χ1n) is 10.2. The number of aromatic nitrogens is 1. The normalized spacial score (nSPS) is 16.8. The molecule has 1 aromatic heterocycles. The van der Waals surface area contributed by atoms with Crippen LogP contribution in [0.5, 0.6) is 11.5 Å². The van der Waals surface area contributed by atoms with Crippen molar-refractivity contribution in [2.45, 2.75) is 31.5 Å². The van der Waals surface area contributed by atoms with E-state index in [1.807, 2.05) is 0 Å². The first-order chi connectivity index (χ1) is 15.7. The number of anilines is 1. The molecule has 0 unspecified atom stereocenters. The molecule has 0 atom stereocenters. The molecule has 2 N–H and O–H groups in total. The number of fused-ring (bicyclic) bond motifs is 1. The Balaban J connectivity index is 0.00000171. The lowest BCUT2D eigenvalue weighted by Gasteiger charge is -2.16. The van der Waals surface area contributed by atoms with Crippen LogP contribution in [0, 0.1) is 6.92 Å². The molecule has 2 aromatic carbocycles. The zero-order valence-electron chi connectivity index (χ0n) is 17.4. The van der Waals surface area contributed by atoms with Crippen molar-refractivity contribution in [3.8, 4) is 22.8 Å². The highest BCUT2D eigenvalue weighted by Gasteiger charge is 2.53. The van der Waals surface area contributed by atoms with Gasteiger partial charge >= 0.3 is 12.3 Å². The van der Waals surface area contributed by atoms with Crippen LogP contribution in [0.2, 0.25) is 0 Å². The summed E-state index contributed by atoms with van der Waals surface area (Å²) in [7, 11) is 0. The van der Waals surface area contributed by atoms with Crippen molar-refractivity contribution in [3.05, 3.63) is 71.3 Å². The van der Waals surface area contributed by atoms with Crippen molar-refractivity contribution in [1.29, 1.82) is 0 Å². The second-order valence-electron chi connectivity index (χ2n) is 8.11. The molecule has 0 bridgehead atoms. The fraction of sp³-hybridized carbons (Fsp3) is 0.208. The van der Waals surface area contributed by atoms with E-state index in [2.05, 4.69) is 19.8 Å². The first kappa shape index (κ1) is 20.9. The molecule has 0 saturated heterocycles. The van der Waals surface area contributed by atoms with Gasteiger partial charge in [0.1, 0.15) is 5.82 Å². The van der Waals surface area contributed by atoms with Crippen molar-refractivity contribution in [1.82, 2.24) is 4.98 Å². The monoisotopic (exact) mass is 456 g/mol. The summed E-state index contributed by atoms with van der Waals surface area (Å²) in [4.78, 5) is 28.8. The summed E-state index contributed by atoms with van der Waals surface area (Å²) in [6, 6.07) is 14.3. The molecular formula is C24H22F2N2O5. The van der Waals surface area contributed by atoms with Gasteiger partial charge in [-0.15, -0.1) is 8.78 Å². The fourth-order valence-electron chi connectivity index (χ4n) is 3.99. The Morgan fingerprint density at radius 3 is 2.52 bits per heavy atom. The smallest absolute Gasteiger partial charge is 0.478 e. The van der Waals surface area contributed by atoms with Gasteiger partial charge in [-0.05, 0) is 67.3 Å². The molecule has 1 saturated carbocycles. The third-order valence-electron chi connectivity index (χ3n) is 5.88. The van der Waals surface area contributed by atoms with Gasteiger partial charge in [-0.2, -0.15) is 0 Å². The van der Waals surface area contributed by atoms with E-state index in [0.717, 1.165) is 11.1 Å². The van der Waals surface area contributed by atoms with Crippen LogP contribution in [0.15, 0.2) is 54.6 Å². The van der Waals surface area contributed by atoms with Gasteiger partial charge < -0.3 is 19.9 Å². The highest BCUT2D eigenvalue weighted by molar-refractivity contribution is 6.01. The van der Waals surface area contributed by atoms with Gasteiger partial charge in [-0.25, -0.2) is 9.78 Å². The summed E-state index contributed by atoms with van der Waals surface area (Å²) in [6.07, 6.45) is -2.60. The van der Waals surface area contributed by atoms with Gasteiger partial charge in [-0.1, -0.05) is 18.2 Å². The SMILES string of the molecule is Cc1cc(C(=O)O)ccc1-c1cccc(NC(=O)C2(c3ccc4c(c3)OC(F)(F)O4)CC2)n1.[HH].[HH]. The molecule has 3 aromatic rings. The third kappa shape index (κ3) is 3.75. The van der Waals surface area contributed by atoms with Crippen molar-refractivity contribution in [2.24, 2.45) is 0 Å². The Labute approximate surface area is 190 Å². The van der Waals surface area contributed by atoms with Crippen LogP contribution in [0.25, 0.3) is 11.3 Å². The largest absolute Gasteiger partial charge is 0.586 e. The number of nitrogens with zero attached hydrogens (tertiary/aromatic N) is 1. The molecule has 0 radical (unpaired) electrons. The van der Waals surface area contributed by atoms with Crippen molar-refractivity contribution < 1.29 is 35.8 Å². The quantitative estimate of drug-likeness (QED) is 0.545. The number of aromatic carboxylic acids is 1. The van der Waals surface area contributed by atoms with Gasteiger partial charge in [0.2, 0.25) is 5.91 Å². The Hall–Kier alpha value is -4.01. The highest BCUT2D eigenvalue weighted by Crippen LogP contribution is 2.52. The number of rotatable bonds is 5. The minimum absolute atomic E-state index is 0. The maximum Gasteiger partial charge on any atom is 0.586 e. The predicted octanol–water partition coefficient (Wildman–Crippen LogP) is 5.24. The fourth-order valence-corrected chi connectivity index (χ4v) is 3.99. The first-order valence-corrected chi connectivity index (χ1v) is 10.2. The average molecular weight is 456 g/mol. The molecule has 1 fully saturated rings. The number of ether oxygens (including phenoxy) is 2. The summed E-state index contributed by atoms with van der Waals surface area (Å²) < 4.78 is 35.6. The van der Waals surface area contributed by atoms with Crippen molar-refractivity contribution in [3.63, 3.8) is 0 Å². The summed E-state index contributed by atoms with van der Waals surface area (Å²) in [5.41, 5.74) is 1.95. The van der Waals surface area contributed by atoms with Gasteiger partial charge in [0, 0.05) is 8.42 Å². The number of pyridine rings is 1. The number of aryl methyl sites for hydroxylation is 1. The summed E-state index contributed by atoms with van der Waals surface area (Å²) in [5.74, 6) is -1.15. The number of carbonyl (C=O) groups is 2. The molecule has 5 rings (SSSR count). The lowest BCUT2D eigenvalue weighted by atomic mass is 9.94. The minimum atomic E-state index is -3.72. The van der Waals surface area contributed by atoms with E-state index < -0.39 is 17.7 Å².